The minimum absolute atomic E-state index is 0.629. The Hall–Kier alpha value is -0.120. The molecule has 0 amide bonds. The minimum atomic E-state index is 0.629. The van der Waals surface area contributed by atoms with Crippen molar-refractivity contribution in [2.75, 3.05) is 19.8 Å². The van der Waals surface area contributed by atoms with Crippen molar-refractivity contribution in [1.82, 2.24) is 10.6 Å². The highest BCUT2D eigenvalue weighted by molar-refractivity contribution is 4.94. The van der Waals surface area contributed by atoms with Gasteiger partial charge in [-0.1, -0.05) is 12.8 Å². The fraction of sp³-hybridized carbons (Fsp3) is 1.00. The second-order valence-corrected chi connectivity index (χ2v) is 5.98. The average Bonchev–Trinajstić information content (AvgIpc) is 3.02. The molecule has 2 saturated heterocycles. The molecule has 0 spiro atoms. The molecule has 3 nitrogen and oxygen atoms in total. The lowest BCUT2D eigenvalue weighted by Gasteiger charge is -2.34. The predicted octanol–water partition coefficient (Wildman–Crippen LogP) is 1.68. The molecule has 4 atom stereocenters. The van der Waals surface area contributed by atoms with E-state index in [9.17, 15) is 0 Å². The van der Waals surface area contributed by atoms with Gasteiger partial charge in [0.2, 0.25) is 0 Å². The van der Waals surface area contributed by atoms with Crippen LogP contribution in [0.2, 0.25) is 0 Å². The van der Waals surface area contributed by atoms with Crippen molar-refractivity contribution in [3.05, 3.63) is 0 Å². The monoisotopic (exact) mass is 238 g/mol. The number of hydrogen-bond acceptors (Lipinski definition) is 3. The van der Waals surface area contributed by atoms with Crippen molar-refractivity contribution in [2.24, 2.45) is 5.92 Å². The minimum Gasteiger partial charge on any atom is -0.380 e. The molecule has 0 aromatic carbocycles. The summed E-state index contributed by atoms with van der Waals surface area (Å²) < 4.78 is 5.47. The summed E-state index contributed by atoms with van der Waals surface area (Å²) >= 11 is 0. The van der Waals surface area contributed by atoms with Gasteiger partial charge in [-0.2, -0.15) is 0 Å². The van der Waals surface area contributed by atoms with Crippen LogP contribution in [0.25, 0.3) is 0 Å². The van der Waals surface area contributed by atoms with E-state index in [2.05, 4.69) is 10.6 Å². The normalized spacial score (nSPS) is 43.1. The fourth-order valence-electron chi connectivity index (χ4n) is 3.89. The maximum atomic E-state index is 5.47. The van der Waals surface area contributed by atoms with Crippen molar-refractivity contribution in [3.63, 3.8) is 0 Å². The van der Waals surface area contributed by atoms with Crippen molar-refractivity contribution in [2.45, 2.75) is 63.1 Å². The van der Waals surface area contributed by atoms with Crippen LogP contribution in [0.15, 0.2) is 0 Å². The first-order valence-corrected chi connectivity index (χ1v) is 7.50. The highest BCUT2D eigenvalue weighted by Crippen LogP contribution is 2.32. The number of hydrogen-bond donors (Lipinski definition) is 2. The van der Waals surface area contributed by atoms with Crippen LogP contribution in [0.5, 0.6) is 0 Å². The summed E-state index contributed by atoms with van der Waals surface area (Å²) in [6.45, 7) is 3.12. The summed E-state index contributed by atoms with van der Waals surface area (Å²) in [5.41, 5.74) is 0. The third-order valence-corrected chi connectivity index (χ3v) is 4.81. The van der Waals surface area contributed by atoms with Crippen molar-refractivity contribution < 1.29 is 4.74 Å². The highest BCUT2D eigenvalue weighted by atomic mass is 16.5. The number of nitrogens with one attached hydrogen (secondary N) is 2. The van der Waals surface area contributed by atoms with Gasteiger partial charge in [-0.15, -0.1) is 0 Å². The Bertz CT molecular complexity index is 234. The van der Waals surface area contributed by atoms with Gasteiger partial charge >= 0.3 is 0 Å². The van der Waals surface area contributed by atoms with Crippen LogP contribution in [0.3, 0.4) is 0 Å². The average molecular weight is 238 g/mol. The molecule has 0 aromatic heterocycles. The van der Waals surface area contributed by atoms with Crippen molar-refractivity contribution in [1.29, 1.82) is 0 Å². The Morgan fingerprint density at radius 2 is 2.00 bits per heavy atom. The Balaban J connectivity index is 1.54. The Labute approximate surface area is 105 Å². The van der Waals surface area contributed by atoms with Crippen LogP contribution < -0.4 is 10.6 Å². The van der Waals surface area contributed by atoms with Gasteiger partial charge in [0.25, 0.3) is 0 Å². The Morgan fingerprint density at radius 1 is 1.00 bits per heavy atom. The molecule has 17 heavy (non-hydrogen) atoms. The molecule has 0 aromatic rings. The van der Waals surface area contributed by atoms with Gasteiger partial charge in [0.05, 0.1) is 6.61 Å². The quantitative estimate of drug-likeness (QED) is 0.785. The van der Waals surface area contributed by atoms with Gasteiger partial charge < -0.3 is 15.4 Å². The SMILES string of the molecule is C1CCC(C2CCCC2NC2CCOC2)NC1. The predicted molar refractivity (Wildman–Crippen MR) is 69.1 cm³/mol. The lowest BCUT2D eigenvalue weighted by Crippen LogP contribution is -2.49. The molecule has 4 unspecified atom stereocenters. The van der Waals surface area contributed by atoms with Crippen LogP contribution in [-0.4, -0.2) is 37.9 Å². The van der Waals surface area contributed by atoms with E-state index in [0.29, 0.717) is 6.04 Å². The van der Waals surface area contributed by atoms with Gasteiger partial charge in [0, 0.05) is 24.7 Å². The molecular weight excluding hydrogens is 212 g/mol. The fourth-order valence-corrected chi connectivity index (χ4v) is 3.89. The summed E-state index contributed by atoms with van der Waals surface area (Å²) in [6, 6.07) is 2.16. The lowest BCUT2D eigenvalue weighted by molar-refractivity contribution is 0.182. The van der Waals surface area contributed by atoms with Crippen LogP contribution in [0, 0.1) is 5.92 Å². The van der Waals surface area contributed by atoms with Crippen LogP contribution in [0.4, 0.5) is 0 Å². The van der Waals surface area contributed by atoms with E-state index in [1.807, 2.05) is 0 Å². The summed E-state index contributed by atoms with van der Waals surface area (Å²) in [5, 5.41) is 7.60. The molecular formula is C14H26N2O. The second-order valence-electron chi connectivity index (χ2n) is 5.98. The van der Waals surface area contributed by atoms with E-state index >= 15 is 0 Å². The zero-order valence-corrected chi connectivity index (χ0v) is 10.8. The standard InChI is InChI=1S/C14H26N2O/c1-2-8-15-13(5-1)12-4-3-6-14(12)16-11-7-9-17-10-11/h11-16H,1-10H2. The van der Waals surface area contributed by atoms with Crippen LogP contribution >= 0.6 is 0 Å². The van der Waals surface area contributed by atoms with E-state index in [-0.39, 0.29) is 0 Å². The maximum Gasteiger partial charge on any atom is 0.0620 e. The van der Waals surface area contributed by atoms with Crippen molar-refractivity contribution >= 4 is 0 Å². The molecule has 2 heterocycles. The summed E-state index contributed by atoms with van der Waals surface area (Å²) in [6.07, 6.45) is 9.60. The first-order chi connectivity index (χ1) is 8.43. The molecule has 3 rings (SSSR count). The molecule has 1 saturated carbocycles. The second kappa shape index (κ2) is 5.68. The van der Waals surface area contributed by atoms with E-state index < -0.39 is 0 Å². The molecule has 2 aliphatic heterocycles. The lowest BCUT2D eigenvalue weighted by atomic mass is 9.88. The smallest absolute Gasteiger partial charge is 0.0620 e. The van der Waals surface area contributed by atoms with Gasteiger partial charge in [0.15, 0.2) is 0 Å². The van der Waals surface area contributed by atoms with Gasteiger partial charge in [-0.25, -0.2) is 0 Å². The summed E-state index contributed by atoms with van der Waals surface area (Å²) in [7, 11) is 0. The van der Waals surface area contributed by atoms with Crippen molar-refractivity contribution in [3.8, 4) is 0 Å². The van der Waals surface area contributed by atoms with E-state index in [1.54, 1.807) is 0 Å². The molecule has 3 fully saturated rings. The molecule has 1 aliphatic carbocycles. The zero-order valence-electron chi connectivity index (χ0n) is 10.8. The van der Waals surface area contributed by atoms with Gasteiger partial charge in [-0.3, -0.25) is 0 Å². The highest BCUT2D eigenvalue weighted by Gasteiger charge is 2.35. The Kier molecular flexibility index (Phi) is 3.99. The first-order valence-electron chi connectivity index (χ1n) is 7.50. The number of ether oxygens (including phenoxy) is 1. The van der Waals surface area contributed by atoms with E-state index in [4.69, 9.17) is 4.74 Å². The third-order valence-electron chi connectivity index (χ3n) is 4.81. The zero-order chi connectivity index (χ0) is 11.5. The van der Waals surface area contributed by atoms with Gasteiger partial charge in [-0.05, 0) is 44.6 Å². The first kappa shape index (κ1) is 11.9. The number of piperidine rings is 1. The molecule has 3 heteroatoms. The summed E-state index contributed by atoms with van der Waals surface area (Å²) in [5.74, 6) is 0.871. The van der Waals surface area contributed by atoms with Crippen LogP contribution in [0.1, 0.15) is 44.9 Å². The van der Waals surface area contributed by atoms with Gasteiger partial charge in [0.1, 0.15) is 0 Å². The van der Waals surface area contributed by atoms with Crippen LogP contribution in [-0.2, 0) is 4.74 Å². The Morgan fingerprint density at radius 3 is 2.76 bits per heavy atom. The topological polar surface area (TPSA) is 33.3 Å². The van der Waals surface area contributed by atoms with E-state index in [0.717, 1.165) is 31.2 Å². The third kappa shape index (κ3) is 2.83. The molecule has 2 N–H and O–H groups in total. The largest absolute Gasteiger partial charge is 0.380 e. The molecule has 0 bridgehead atoms. The summed E-state index contributed by atoms with van der Waals surface area (Å²) in [4.78, 5) is 0. The molecule has 98 valence electrons. The molecule has 3 aliphatic rings. The maximum absolute atomic E-state index is 5.47. The number of rotatable bonds is 3. The molecule has 0 radical (unpaired) electrons. The van der Waals surface area contributed by atoms with E-state index in [1.165, 1.54) is 51.5 Å².